The summed E-state index contributed by atoms with van der Waals surface area (Å²) < 4.78 is 76.6. The summed E-state index contributed by atoms with van der Waals surface area (Å²) in [5.74, 6) is -2.82. The van der Waals surface area contributed by atoms with Crippen molar-refractivity contribution in [3.05, 3.63) is 33.9 Å². The Kier molecular flexibility index (Phi) is 6.70. The van der Waals surface area contributed by atoms with Gasteiger partial charge in [-0.05, 0) is 32.3 Å². The molecular weight excluding hydrogens is 433 g/mol. The molecule has 1 aliphatic rings. The van der Waals surface area contributed by atoms with E-state index < -0.39 is 38.9 Å². The molecule has 8 nitrogen and oxygen atoms in total. The van der Waals surface area contributed by atoms with Crippen LogP contribution in [0, 0.1) is 6.92 Å². The molecule has 0 bridgehead atoms. The first-order valence-corrected chi connectivity index (χ1v) is 9.98. The van der Waals surface area contributed by atoms with E-state index in [2.05, 4.69) is 4.18 Å². The molecule has 0 atom stereocenters. The number of carboxylic acid groups (broad SMARTS) is 1. The van der Waals surface area contributed by atoms with Gasteiger partial charge in [0.05, 0.1) is 7.11 Å². The fourth-order valence-electron chi connectivity index (χ4n) is 2.94. The van der Waals surface area contributed by atoms with Crippen LogP contribution in [-0.2, 0) is 32.7 Å². The van der Waals surface area contributed by atoms with E-state index in [4.69, 9.17) is 14.6 Å². The Bertz CT molecular complexity index is 1010. The molecule has 0 aromatic heterocycles. The van der Waals surface area contributed by atoms with Gasteiger partial charge in [0.15, 0.2) is 5.75 Å². The number of esters is 1. The predicted molar refractivity (Wildman–Crippen MR) is 96.8 cm³/mol. The summed E-state index contributed by atoms with van der Waals surface area (Å²) >= 11 is 0. The summed E-state index contributed by atoms with van der Waals surface area (Å²) in [6.45, 7) is 2.88. The molecule has 1 aromatic carbocycles. The van der Waals surface area contributed by atoms with Gasteiger partial charge in [0.25, 0.3) is 0 Å². The average Bonchev–Trinajstić information content (AvgIpc) is 3.01. The van der Waals surface area contributed by atoms with Crippen LogP contribution in [0.4, 0.5) is 13.2 Å². The Balaban J connectivity index is 2.65. The van der Waals surface area contributed by atoms with E-state index in [0.29, 0.717) is 11.1 Å². The maximum Gasteiger partial charge on any atom is 0.534 e. The number of carbonyl (C=O) groups excluding carboxylic acids is 1. The van der Waals surface area contributed by atoms with E-state index in [9.17, 15) is 31.2 Å². The second-order valence-corrected chi connectivity index (χ2v) is 8.06. The quantitative estimate of drug-likeness (QED) is 0.277. The Hall–Kier alpha value is -2.76. The minimum absolute atomic E-state index is 0.0432. The summed E-state index contributed by atoms with van der Waals surface area (Å²) in [6.07, 6.45) is 1.33. The molecule has 1 aliphatic heterocycles. The maximum atomic E-state index is 12.9. The van der Waals surface area contributed by atoms with E-state index in [1.165, 1.54) is 13.2 Å². The van der Waals surface area contributed by atoms with Crippen LogP contribution in [0.5, 0.6) is 11.5 Å². The van der Waals surface area contributed by atoms with E-state index >= 15 is 0 Å². The second kappa shape index (κ2) is 8.54. The smallest absolute Gasteiger partial charge is 0.496 e. The van der Waals surface area contributed by atoms with Gasteiger partial charge in [0.2, 0.25) is 0 Å². The molecule has 1 aromatic rings. The van der Waals surface area contributed by atoms with Crippen molar-refractivity contribution in [2.45, 2.75) is 45.2 Å². The molecule has 12 heteroatoms. The SMILES string of the molecule is COc1c(C)c2c(c(OS(=O)(=O)C(F)(F)F)c1C/C=C(\C)CCC(=O)O)C(=O)OC2. The lowest BCUT2D eigenvalue weighted by Gasteiger charge is -2.19. The fraction of sp³-hybridized carbons (Fsp3) is 0.444. The Morgan fingerprint density at radius 1 is 1.27 bits per heavy atom. The molecule has 0 saturated carbocycles. The second-order valence-electron chi connectivity index (χ2n) is 6.53. The van der Waals surface area contributed by atoms with Crippen molar-refractivity contribution in [3.8, 4) is 11.5 Å². The highest BCUT2D eigenvalue weighted by molar-refractivity contribution is 7.88. The van der Waals surface area contributed by atoms with Crippen LogP contribution >= 0.6 is 0 Å². The van der Waals surface area contributed by atoms with Crippen molar-refractivity contribution in [3.63, 3.8) is 0 Å². The highest BCUT2D eigenvalue weighted by Gasteiger charge is 2.50. The number of allylic oxidation sites excluding steroid dienone is 2. The van der Waals surface area contributed by atoms with Crippen LogP contribution in [-0.4, -0.2) is 38.1 Å². The third kappa shape index (κ3) is 4.69. The zero-order chi connectivity index (χ0) is 22.9. The summed E-state index contributed by atoms with van der Waals surface area (Å²) in [7, 11) is -4.84. The van der Waals surface area contributed by atoms with Gasteiger partial charge in [0, 0.05) is 17.5 Å². The monoisotopic (exact) mass is 452 g/mol. The topological polar surface area (TPSA) is 116 Å². The van der Waals surface area contributed by atoms with Crippen LogP contribution in [0.1, 0.15) is 46.8 Å². The molecule has 166 valence electrons. The van der Waals surface area contributed by atoms with Crippen LogP contribution in [0.3, 0.4) is 0 Å². The number of hydrogen-bond acceptors (Lipinski definition) is 7. The van der Waals surface area contributed by atoms with E-state index in [1.807, 2.05) is 0 Å². The number of aliphatic carboxylic acids is 1. The van der Waals surface area contributed by atoms with Gasteiger partial charge in [-0.3, -0.25) is 4.79 Å². The zero-order valence-electron chi connectivity index (χ0n) is 16.3. The minimum Gasteiger partial charge on any atom is -0.496 e. The number of carboxylic acids is 1. The van der Waals surface area contributed by atoms with Gasteiger partial charge >= 0.3 is 27.6 Å². The number of alkyl halides is 3. The number of hydrogen-bond donors (Lipinski definition) is 1. The van der Waals surface area contributed by atoms with Gasteiger partial charge < -0.3 is 18.8 Å². The third-order valence-corrected chi connectivity index (χ3v) is 5.44. The van der Waals surface area contributed by atoms with Gasteiger partial charge in [-0.15, -0.1) is 0 Å². The highest BCUT2D eigenvalue weighted by Crippen LogP contribution is 2.44. The highest BCUT2D eigenvalue weighted by atomic mass is 32.2. The number of benzene rings is 1. The molecule has 2 rings (SSSR count). The molecule has 0 saturated heterocycles. The van der Waals surface area contributed by atoms with Gasteiger partial charge in [-0.1, -0.05) is 11.6 Å². The van der Waals surface area contributed by atoms with Crippen molar-refractivity contribution in [1.82, 2.24) is 0 Å². The lowest BCUT2D eigenvalue weighted by Crippen LogP contribution is -2.29. The maximum absolute atomic E-state index is 12.9. The van der Waals surface area contributed by atoms with Crippen LogP contribution in [0.15, 0.2) is 11.6 Å². The van der Waals surface area contributed by atoms with E-state index in [-0.39, 0.29) is 42.7 Å². The summed E-state index contributed by atoms with van der Waals surface area (Å²) in [5, 5.41) is 8.76. The van der Waals surface area contributed by atoms with Gasteiger partial charge in [-0.25, -0.2) is 4.79 Å². The Labute approximate surface area is 170 Å². The predicted octanol–water partition coefficient (Wildman–Crippen LogP) is 3.26. The zero-order valence-corrected chi connectivity index (χ0v) is 17.1. The average molecular weight is 452 g/mol. The molecule has 0 spiro atoms. The van der Waals surface area contributed by atoms with Crippen molar-refractivity contribution in [2.75, 3.05) is 7.11 Å². The summed E-state index contributed by atoms with van der Waals surface area (Å²) in [4.78, 5) is 22.8. The van der Waals surface area contributed by atoms with Crippen LogP contribution in [0.2, 0.25) is 0 Å². The summed E-state index contributed by atoms with van der Waals surface area (Å²) in [5.41, 5.74) is -5.08. The third-order valence-electron chi connectivity index (χ3n) is 4.49. The molecule has 0 fully saturated rings. The lowest BCUT2D eigenvalue weighted by atomic mass is 9.94. The number of cyclic esters (lactones) is 1. The molecule has 0 radical (unpaired) electrons. The van der Waals surface area contributed by atoms with E-state index in [1.54, 1.807) is 13.8 Å². The van der Waals surface area contributed by atoms with Gasteiger partial charge in [0.1, 0.15) is 17.9 Å². The van der Waals surface area contributed by atoms with Crippen molar-refractivity contribution < 1.29 is 49.9 Å². The molecule has 0 aliphatic carbocycles. The number of rotatable bonds is 8. The molecule has 1 N–H and O–H groups in total. The Morgan fingerprint density at radius 2 is 1.90 bits per heavy atom. The number of ether oxygens (including phenoxy) is 2. The first-order chi connectivity index (χ1) is 13.8. The summed E-state index contributed by atoms with van der Waals surface area (Å²) in [6, 6.07) is 0. The number of carbonyl (C=O) groups is 2. The number of methoxy groups -OCH3 is 1. The van der Waals surface area contributed by atoms with Crippen LogP contribution < -0.4 is 8.92 Å². The molecule has 1 heterocycles. The van der Waals surface area contributed by atoms with Crippen LogP contribution in [0.25, 0.3) is 0 Å². The standard InChI is InChI=1S/C18H19F3O8S/c1-9(5-7-13(22)23)4-6-11-15(27-3)10(2)12-8-28-17(24)14(12)16(11)29-30(25,26)18(19,20)21/h4H,5-8H2,1-3H3,(H,22,23)/b9-4+. The van der Waals surface area contributed by atoms with E-state index in [0.717, 1.165) is 0 Å². The molecule has 0 amide bonds. The fourth-order valence-corrected chi connectivity index (χ4v) is 3.44. The Morgan fingerprint density at radius 3 is 2.43 bits per heavy atom. The minimum atomic E-state index is -6.08. The van der Waals surface area contributed by atoms with Gasteiger partial charge in [-0.2, -0.15) is 21.6 Å². The largest absolute Gasteiger partial charge is 0.534 e. The molecule has 0 unspecified atom stereocenters. The first kappa shape index (κ1) is 23.5. The number of halogens is 3. The van der Waals surface area contributed by atoms with Crippen molar-refractivity contribution in [1.29, 1.82) is 0 Å². The number of fused-ring (bicyclic) bond motifs is 1. The first-order valence-electron chi connectivity index (χ1n) is 8.57. The van der Waals surface area contributed by atoms with Crippen molar-refractivity contribution >= 4 is 22.1 Å². The normalized spacial score (nSPS) is 14.3. The molecular formula is C18H19F3O8S. The van der Waals surface area contributed by atoms with Crippen molar-refractivity contribution in [2.24, 2.45) is 0 Å². The molecule has 30 heavy (non-hydrogen) atoms. The lowest BCUT2D eigenvalue weighted by molar-refractivity contribution is -0.136.